The molecule has 1 atom stereocenters. The third-order valence-electron chi connectivity index (χ3n) is 6.05. The van der Waals surface area contributed by atoms with Gasteiger partial charge in [-0.3, -0.25) is 14.5 Å². The topological polar surface area (TPSA) is 68.1 Å². The molecule has 1 aromatic heterocycles. The normalized spacial score (nSPS) is 19.2. The van der Waals surface area contributed by atoms with E-state index in [0.29, 0.717) is 34.0 Å². The van der Waals surface area contributed by atoms with E-state index in [1.54, 1.807) is 4.68 Å². The molecule has 1 amide bonds. The number of hydrogen-bond acceptors (Lipinski definition) is 4. The first kappa shape index (κ1) is 20.4. The van der Waals surface area contributed by atoms with Crippen LogP contribution in [0.25, 0.3) is 11.4 Å². The number of aryl methyl sites for hydroxylation is 2. The number of rotatable bonds is 3. The van der Waals surface area contributed by atoms with Crippen molar-refractivity contribution in [3.63, 3.8) is 0 Å². The van der Waals surface area contributed by atoms with Gasteiger partial charge in [-0.05, 0) is 25.1 Å². The van der Waals surface area contributed by atoms with Crippen LogP contribution in [0.5, 0.6) is 0 Å². The molecule has 0 N–H and O–H groups in total. The van der Waals surface area contributed by atoms with Crippen molar-refractivity contribution in [3.05, 3.63) is 82.9 Å². The monoisotopic (exact) mass is 446 g/mol. The standard InChI is InChI=1S/C24H21ClN5O2/c1-16-26-24(28(2)27-16)19-9-5-11-21(23(19)25)30-12-6-8-18(30)13-29(22(32)15-31)20-10-4-3-7-17(20)14-30/h3-12,15H,13-14H2,1-2H3/q+1. The molecule has 2 aromatic carbocycles. The quantitative estimate of drug-likeness (QED) is 0.347. The van der Waals surface area contributed by atoms with Gasteiger partial charge in [-0.25, -0.2) is 14.1 Å². The predicted octanol–water partition coefficient (Wildman–Crippen LogP) is 3.91. The molecule has 1 unspecified atom stereocenters. The number of carbonyl (C=O) groups is 2. The minimum absolute atomic E-state index is 0.283. The summed E-state index contributed by atoms with van der Waals surface area (Å²) in [6.07, 6.45) is 6.41. The van der Waals surface area contributed by atoms with Crippen LogP contribution >= 0.6 is 11.6 Å². The molecule has 3 aromatic rings. The second kappa shape index (κ2) is 7.55. The summed E-state index contributed by atoms with van der Waals surface area (Å²) in [4.78, 5) is 30.0. The predicted molar refractivity (Wildman–Crippen MR) is 124 cm³/mol. The van der Waals surface area contributed by atoms with Crippen LogP contribution in [0.2, 0.25) is 5.02 Å². The largest absolute Gasteiger partial charge is 0.296 e. The maximum Gasteiger partial charge on any atom is 0.291 e. The molecule has 32 heavy (non-hydrogen) atoms. The molecule has 8 heteroatoms. The second-order valence-corrected chi connectivity index (χ2v) is 8.32. The van der Waals surface area contributed by atoms with E-state index in [2.05, 4.69) is 16.3 Å². The van der Waals surface area contributed by atoms with E-state index in [1.807, 2.05) is 68.6 Å². The van der Waals surface area contributed by atoms with Gasteiger partial charge < -0.3 is 0 Å². The molecule has 160 valence electrons. The lowest BCUT2D eigenvalue weighted by molar-refractivity contribution is -0.129. The number of aromatic nitrogens is 3. The summed E-state index contributed by atoms with van der Waals surface area (Å²) in [5, 5.41) is 4.94. The molecule has 2 aliphatic rings. The number of fused-ring (bicyclic) bond motifs is 2. The summed E-state index contributed by atoms with van der Waals surface area (Å²) in [5.74, 6) is 0.790. The number of quaternary nitrogens is 1. The van der Waals surface area contributed by atoms with Crippen LogP contribution in [0.4, 0.5) is 11.4 Å². The molecule has 5 rings (SSSR count). The molecule has 2 aliphatic heterocycles. The van der Waals surface area contributed by atoms with Crippen molar-refractivity contribution in [1.29, 1.82) is 0 Å². The molecule has 3 heterocycles. The Morgan fingerprint density at radius 1 is 1.19 bits per heavy atom. The van der Waals surface area contributed by atoms with Crippen LogP contribution in [0, 0.1) is 6.92 Å². The molecule has 0 spiro atoms. The van der Waals surface area contributed by atoms with Gasteiger partial charge in [-0.1, -0.05) is 35.9 Å². The van der Waals surface area contributed by atoms with Gasteiger partial charge in [0.05, 0.1) is 5.69 Å². The highest BCUT2D eigenvalue weighted by Gasteiger charge is 2.43. The van der Waals surface area contributed by atoms with E-state index in [-0.39, 0.29) is 6.54 Å². The van der Waals surface area contributed by atoms with Gasteiger partial charge in [0.2, 0.25) is 6.29 Å². The smallest absolute Gasteiger partial charge is 0.291 e. The molecule has 0 aliphatic carbocycles. The number of nitrogens with zero attached hydrogens (tertiary/aromatic N) is 5. The van der Waals surface area contributed by atoms with Gasteiger partial charge in [-0.2, -0.15) is 5.10 Å². The average Bonchev–Trinajstić information content (AvgIpc) is 3.30. The first-order valence-corrected chi connectivity index (χ1v) is 10.6. The highest BCUT2D eigenvalue weighted by Crippen LogP contribution is 2.46. The Bertz CT molecular complexity index is 1330. The SMILES string of the molecule is Cc1nc(-c2cccc([N+]34C=CC=C3CN(C(=O)C=O)c3ccccc3C4)c2Cl)n(C)n1. The second-order valence-electron chi connectivity index (χ2n) is 7.94. The van der Waals surface area contributed by atoms with Crippen molar-refractivity contribution in [2.45, 2.75) is 13.5 Å². The van der Waals surface area contributed by atoms with E-state index in [4.69, 9.17) is 11.6 Å². The zero-order valence-corrected chi connectivity index (χ0v) is 18.5. The first-order valence-electron chi connectivity index (χ1n) is 10.2. The number of hydrogen-bond donors (Lipinski definition) is 0. The van der Waals surface area contributed by atoms with Gasteiger partial charge >= 0.3 is 0 Å². The summed E-state index contributed by atoms with van der Waals surface area (Å²) in [6.45, 7) is 2.69. The number of allylic oxidation sites excluding steroid dienone is 2. The van der Waals surface area contributed by atoms with Gasteiger partial charge in [0.15, 0.2) is 11.5 Å². The summed E-state index contributed by atoms with van der Waals surface area (Å²) in [6, 6.07) is 13.6. The van der Waals surface area contributed by atoms with Crippen molar-refractivity contribution in [2.75, 3.05) is 11.4 Å². The lowest BCUT2D eigenvalue weighted by Gasteiger charge is -2.33. The molecular formula is C24H21ClN5O2+. The minimum Gasteiger partial charge on any atom is -0.296 e. The molecule has 0 saturated heterocycles. The Morgan fingerprint density at radius 3 is 2.75 bits per heavy atom. The Morgan fingerprint density at radius 2 is 2.00 bits per heavy atom. The zero-order valence-electron chi connectivity index (χ0n) is 17.7. The van der Waals surface area contributed by atoms with Crippen molar-refractivity contribution < 1.29 is 9.59 Å². The van der Waals surface area contributed by atoms with Crippen molar-refractivity contribution in [2.24, 2.45) is 7.05 Å². The van der Waals surface area contributed by atoms with E-state index < -0.39 is 5.91 Å². The summed E-state index contributed by atoms with van der Waals surface area (Å²) in [5.41, 5.74) is 4.30. The minimum atomic E-state index is -0.570. The molecule has 7 nitrogen and oxygen atoms in total. The van der Waals surface area contributed by atoms with Gasteiger partial charge in [0, 0.05) is 30.3 Å². The maximum atomic E-state index is 12.5. The van der Waals surface area contributed by atoms with Crippen LogP contribution in [-0.4, -0.2) is 33.5 Å². The van der Waals surface area contributed by atoms with Gasteiger partial charge in [0.1, 0.15) is 35.8 Å². The zero-order chi connectivity index (χ0) is 22.5. The number of halogens is 1. The average molecular weight is 447 g/mol. The highest BCUT2D eigenvalue weighted by molar-refractivity contribution is 6.36. The Hall–Kier alpha value is -3.55. The van der Waals surface area contributed by atoms with E-state index in [1.165, 1.54) is 4.90 Å². The fraction of sp³-hybridized carbons (Fsp3) is 0.167. The Balaban J connectivity index is 1.70. The fourth-order valence-corrected chi connectivity index (χ4v) is 4.98. The van der Waals surface area contributed by atoms with Gasteiger partial charge in [0.25, 0.3) is 5.91 Å². The third-order valence-corrected chi connectivity index (χ3v) is 6.45. The fourth-order valence-electron chi connectivity index (χ4n) is 4.61. The maximum absolute atomic E-state index is 12.5. The first-order chi connectivity index (χ1) is 15.4. The van der Waals surface area contributed by atoms with Crippen molar-refractivity contribution >= 4 is 35.2 Å². The molecule has 0 saturated carbocycles. The number of carbonyl (C=O) groups excluding carboxylic acids is 2. The van der Waals surface area contributed by atoms with E-state index >= 15 is 0 Å². The number of amides is 1. The molecule has 0 fully saturated rings. The molecule has 0 bridgehead atoms. The number of anilines is 1. The lowest BCUT2D eigenvalue weighted by Crippen LogP contribution is -2.43. The molecule has 0 radical (unpaired) electrons. The van der Waals surface area contributed by atoms with Gasteiger partial charge in [-0.15, -0.1) is 0 Å². The summed E-state index contributed by atoms with van der Waals surface area (Å²) in [7, 11) is 1.84. The van der Waals surface area contributed by atoms with E-state index in [0.717, 1.165) is 28.2 Å². The van der Waals surface area contributed by atoms with Crippen LogP contribution in [0.1, 0.15) is 11.4 Å². The van der Waals surface area contributed by atoms with Crippen LogP contribution in [0.15, 0.2) is 66.5 Å². The van der Waals surface area contributed by atoms with Crippen LogP contribution < -0.4 is 9.38 Å². The number of para-hydroxylation sites is 1. The number of benzene rings is 2. The van der Waals surface area contributed by atoms with Crippen molar-refractivity contribution in [1.82, 2.24) is 19.2 Å². The van der Waals surface area contributed by atoms with Crippen molar-refractivity contribution in [3.8, 4) is 11.4 Å². The van der Waals surface area contributed by atoms with Crippen LogP contribution in [-0.2, 0) is 23.2 Å². The third kappa shape index (κ3) is 3.01. The Kier molecular flexibility index (Phi) is 4.80. The van der Waals surface area contributed by atoms with E-state index in [9.17, 15) is 9.59 Å². The Labute approximate surface area is 190 Å². The molecular weight excluding hydrogens is 426 g/mol. The number of aldehydes is 1. The van der Waals surface area contributed by atoms with Crippen LogP contribution in [0.3, 0.4) is 0 Å². The summed E-state index contributed by atoms with van der Waals surface area (Å²) >= 11 is 7.03. The highest BCUT2D eigenvalue weighted by atomic mass is 35.5. The lowest BCUT2D eigenvalue weighted by atomic mass is 10.1. The summed E-state index contributed by atoms with van der Waals surface area (Å²) < 4.78 is 2.06.